The number of amides is 3. The molecule has 0 saturated carbocycles. The highest BCUT2D eigenvalue weighted by atomic mass is 32.2. The van der Waals surface area contributed by atoms with Gasteiger partial charge in [0.15, 0.2) is 5.16 Å². The lowest BCUT2D eigenvalue weighted by Gasteiger charge is -2.03. The molecule has 7 nitrogen and oxygen atoms in total. The van der Waals surface area contributed by atoms with Crippen molar-refractivity contribution in [1.82, 2.24) is 15.3 Å². The summed E-state index contributed by atoms with van der Waals surface area (Å²) in [6.07, 6.45) is 1.58. The minimum absolute atomic E-state index is 0.0402. The molecule has 1 aromatic rings. The molecule has 98 valence electrons. The molecule has 0 saturated heterocycles. The van der Waals surface area contributed by atoms with Gasteiger partial charge in [0.25, 0.3) is 5.56 Å². The van der Waals surface area contributed by atoms with Crippen LogP contribution in [0.2, 0.25) is 0 Å². The van der Waals surface area contributed by atoms with Crippen LogP contribution in [0.15, 0.2) is 16.0 Å². The van der Waals surface area contributed by atoms with E-state index in [1.54, 1.807) is 0 Å². The number of nitrogens with two attached hydrogens (primary N) is 1. The maximum atomic E-state index is 11.3. The van der Waals surface area contributed by atoms with E-state index in [-0.39, 0.29) is 11.3 Å². The number of aromatic nitrogens is 2. The van der Waals surface area contributed by atoms with Gasteiger partial charge in [0.1, 0.15) is 0 Å². The van der Waals surface area contributed by atoms with Crippen molar-refractivity contribution in [3.8, 4) is 0 Å². The van der Waals surface area contributed by atoms with Gasteiger partial charge >= 0.3 is 6.03 Å². The van der Waals surface area contributed by atoms with Gasteiger partial charge in [0.05, 0.1) is 5.75 Å². The number of urea groups is 1. The van der Waals surface area contributed by atoms with Crippen LogP contribution in [0.1, 0.15) is 19.0 Å². The number of carbonyl (C=O) groups excluding carboxylic acids is 2. The Hall–Kier alpha value is -1.83. The second kappa shape index (κ2) is 6.80. The standard InChI is InChI=1S/C10H14N4O3S/c1-2-3-6-4-7(15)14-10(12-6)18-5-8(16)13-9(11)17/h4H,2-3,5H2,1H3,(H,12,14,15)(H3,11,13,16,17). The second-order valence-electron chi connectivity index (χ2n) is 3.49. The molecule has 1 rings (SSSR count). The normalized spacial score (nSPS) is 10.1. The summed E-state index contributed by atoms with van der Waals surface area (Å²) in [5.74, 6) is -0.572. The molecule has 1 aromatic heterocycles. The maximum absolute atomic E-state index is 11.3. The minimum Gasteiger partial charge on any atom is -0.351 e. The third-order valence-corrected chi connectivity index (χ3v) is 2.76. The SMILES string of the molecule is CCCc1cc(=O)[nH]c(SCC(=O)NC(N)=O)n1. The highest BCUT2D eigenvalue weighted by molar-refractivity contribution is 7.99. The zero-order valence-electron chi connectivity index (χ0n) is 9.86. The van der Waals surface area contributed by atoms with Crippen molar-refractivity contribution in [3.05, 3.63) is 22.1 Å². The van der Waals surface area contributed by atoms with Crippen LogP contribution in [0.25, 0.3) is 0 Å². The van der Waals surface area contributed by atoms with Crippen LogP contribution >= 0.6 is 11.8 Å². The summed E-state index contributed by atoms with van der Waals surface area (Å²) in [7, 11) is 0. The van der Waals surface area contributed by atoms with Gasteiger partial charge in [0.2, 0.25) is 5.91 Å². The topological polar surface area (TPSA) is 118 Å². The van der Waals surface area contributed by atoms with Crippen molar-refractivity contribution in [3.63, 3.8) is 0 Å². The van der Waals surface area contributed by atoms with Gasteiger partial charge in [-0.1, -0.05) is 25.1 Å². The minimum atomic E-state index is -0.901. The Kier molecular flexibility index (Phi) is 5.37. The smallest absolute Gasteiger partial charge is 0.318 e. The molecule has 0 fully saturated rings. The lowest BCUT2D eigenvalue weighted by molar-refractivity contribution is -0.117. The van der Waals surface area contributed by atoms with Crippen LogP contribution in [-0.4, -0.2) is 27.7 Å². The molecule has 3 amide bonds. The van der Waals surface area contributed by atoms with Gasteiger partial charge < -0.3 is 10.7 Å². The Bertz CT molecular complexity index is 500. The fourth-order valence-electron chi connectivity index (χ4n) is 1.24. The molecule has 0 spiro atoms. The number of rotatable bonds is 5. The number of hydrogen-bond acceptors (Lipinski definition) is 5. The van der Waals surface area contributed by atoms with E-state index in [4.69, 9.17) is 5.73 Å². The number of aromatic amines is 1. The molecular weight excluding hydrogens is 256 g/mol. The quantitative estimate of drug-likeness (QED) is 0.514. The largest absolute Gasteiger partial charge is 0.351 e. The Balaban J connectivity index is 2.64. The average molecular weight is 270 g/mol. The van der Waals surface area contributed by atoms with Crippen molar-refractivity contribution < 1.29 is 9.59 Å². The van der Waals surface area contributed by atoms with Gasteiger partial charge in [-0.3, -0.25) is 14.9 Å². The van der Waals surface area contributed by atoms with E-state index in [9.17, 15) is 14.4 Å². The van der Waals surface area contributed by atoms with Crippen LogP contribution in [0.3, 0.4) is 0 Å². The Morgan fingerprint density at radius 2 is 2.28 bits per heavy atom. The summed E-state index contributed by atoms with van der Waals surface area (Å²) in [6.45, 7) is 1.98. The maximum Gasteiger partial charge on any atom is 0.318 e. The molecule has 1 heterocycles. The first-order valence-electron chi connectivity index (χ1n) is 5.33. The molecule has 0 radical (unpaired) electrons. The van der Waals surface area contributed by atoms with Gasteiger partial charge in [0, 0.05) is 11.8 Å². The number of carbonyl (C=O) groups is 2. The van der Waals surface area contributed by atoms with Crippen LogP contribution in [0.4, 0.5) is 4.79 Å². The summed E-state index contributed by atoms with van der Waals surface area (Å²) >= 11 is 1.04. The first-order valence-corrected chi connectivity index (χ1v) is 6.32. The molecule has 0 aliphatic rings. The third kappa shape index (κ3) is 5.00. The lowest BCUT2D eigenvalue weighted by Crippen LogP contribution is -2.36. The van der Waals surface area contributed by atoms with Crippen LogP contribution in [0.5, 0.6) is 0 Å². The zero-order chi connectivity index (χ0) is 13.5. The molecule has 8 heteroatoms. The summed E-state index contributed by atoms with van der Waals surface area (Å²) in [5, 5.41) is 2.28. The number of imide groups is 1. The predicted octanol–water partition coefficient (Wildman–Crippen LogP) is 0.00940. The van der Waals surface area contributed by atoms with E-state index >= 15 is 0 Å². The Labute approximate surface area is 108 Å². The molecule has 0 aliphatic carbocycles. The van der Waals surface area contributed by atoms with Crippen molar-refractivity contribution in [2.24, 2.45) is 5.73 Å². The first-order chi connectivity index (χ1) is 8.51. The van der Waals surface area contributed by atoms with Crippen molar-refractivity contribution in [2.45, 2.75) is 24.9 Å². The fourth-order valence-corrected chi connectivity index (χ4v) is 1.94. The molecule has 0 unspecified atom stereocenters. The van der Waals surface area contributed by atoms with Gasteiger partial charge in [-0.2, -0.15) is 0 Å². The molecular formula is C10H14N4O3S. The van der Waals surface area contributed by atoms with Gasteiger partial charge in [-0.05, 0) is 6.42 Å². The predicted molar refractivity (Wildman–Crippen MR) is 67.3 cm³/mol. The number of thioether (sulfide) groups is 1. The van der Waals surface area contributed by atoms with E-state index in [1.165, 1.54) is 6.07 Å². The first kappa shape index (κ1) is 14.2. The fraction of sp³-hybridized carbons (Fsp3) is 0.400. The Morgan fingerprint density at radius 1 is 1.56 bits per heavy atom. The lowest BCUT2D eigenvalue weighted by atomic mass is 10.2. The van der Waals surface area contributed by atoms with Crippen molar-refractivity contribution in [1.29, 1.82) is 0 Å². The van der Waals surface area contributed by atoms with Crippen LogP contribution in [0, 0.1) is 0 Å². The molecule has 0 bridgehead atoms. The number of nitrogens with one attached hydrogen (secondary N) is 2. The number of primary amides is 1. The monoisotopic (exact) mass is 270 g/mol. The van der Waals surface area contributed by atoms with E-state index < -0.39 is 11.9 Å². The second-order valence-corrected chi connectivity index (χ2v) is 4.46. The number of nitrogens with zero attached hydrogens (tertiary/aromatic N) is 1. The molecule has 18 heavy (non-hydrogen) atoms. The number of H-pyrrole nitrogens is 1. The highest BCUT2D eigenvalue weighted by Gasteiger charge is 2.07. The van der Waals surface area contributed by atoms with Gasteiger partial charge in [-0.25, -0.2) is 9.78 Å². The number of aryl methyl sites for hydroxylation is 1. The molecule has 0 aromatic carbocycles. The molecule has 0 atom stereocenters. The molecule has 0 aliphatic heterocycles. The summed E-state index contributed by atoms with van der Waals surface area (Å²) in [5.41, 5.74) is 5.22. The summed E-state index contributed by atoms with van der Waals surface area (Å²) in [6, 6.07) is 0.526. The zero-order valence-corrected chi connectivity index (χ0v) is 10.7. The van der Waals surface area contributed by atoms with E-state index in [2.05, 4.69) is 9.97 Å². The van der Waals surface area contributed by atoms with E-state index in [1.807, 2.05) is 12.2 Å². The van der Waals surface area contributed by atoms with E-state index in [0.29, 0.717) is 17.3 Å². The summed E-state index contributed by atoms with van der Waals surface area (Å²) in [4.78, 5) is 39.6. The van der Waals surface area contributed by atoms with Gasteiger partial charge in [-0.15, -0.1) is 0 Å². The Morgan fingerprint density at radius 3 is 2.89 bits per heavy atom. The molecule has 4 N–H and O–H groups in total. The highest BCUT2D eigenvalue weighted by Crippen LogP contribution is 2.11. The van der Waals surface area contributed by atoms with Crippen LogP contribution in [-0.2, 0) is 11.2 Å². The van der Waals surface area contributed by atoms with E-state index in [0.717, 1.165) is 18.2 Å². The van der Waals surface area contributed by atoms with Crippen molar-refractivity contribution in [2.75, 3.05) is 5.75 Å². The average Bonchev–Trinajstić information content (AvgIpc) is 2.25. The van der Waals surface area contributed by atoms with Crippen molar-refractivity contribution >= 4 is 23.7 Å². The van der Waals surface area contributed by atoms with Crippen LogP contribution < -0.4 is 16.6 Å². The third-order valence-electron chi connectivity index (χ3n) is 1.88. The summed E-state index contributed by atoms with van der Waals surface area (Å²) < 4.78 is 0. The number of hydrogen-bond donors (Lipinski definition) is 3.